The summed E-state index contributed by atoms with van der Waals surface area (Å²) in [5.74, 6) is -0.601. The minimum Gasteiger partial charge on any atom is -0.394 e. The fourth-order valence-corrected chi connectivity index (χ4v) is 6.16. The maximum atomic E-state index is 12.5. The highest BCUT2D eigenvalue weighted by Gasteiger charge is 2.28. The van der Waals surface area contributed by atoms with Crippen molar-refractivity contribution in [3.05, 3.63) is 48.6 Å². The largest absolute Gasteiger partial charge is 0.394 e. The summed E-state index contributed by atoms with van der Waals surface area (Å²) in [6, 6.07) is -1.01. The van der Waals surface area contributed by atoms with Gasteiger partial charge in [-0.15, -0.1) is 0 Å². The molecule has 4 unspecified atom stereocenters. The molecule has 0 heterocycles. The minimum absolute atomic E-state index is 0.358. The first-order chi connectivity index (χ1) is 24.5. The number of nitrogens with one attached hydrogen (secondary N) is 1. The Bertz CT molecular complexity index is 838. The van der Waals surface area contributed by atoms with Gasteiger partial charge in [-0.25, -0.2) is 0 Å². The van der Waals surface area contributed by atoms with E-state index in [0.717, 1.165) is 51.4 Å². The molecule has 0 aromatic heterocycles. The molecule has 1 amide bonds. The van der Waals surface area contributed by atoms with Gasteiger partial charge in [-0.2, -0.15) is 0 Å². The standard InChI is InChI=1S/C44H81NO5/c1-3-5-7-9-11-13-15-17-19-20-21-22-23-24-26-28-30-32-34-36-38-42(48)44(50)45-40(39-46)43(49)41(47)37-35-33-31-29-27-25-18-16-14-12-10-8-6-4-2/h5,7,11,13,16,18,29,31,40-43,46-49H,3-4,6,8-10,12,14-15,17,19-28,30,32-39H2,1-2H3,(H,45,50)/b7-5-,13-11-,18-16+,31-29+. The van der Waals surface area contributed by atoms with E-state index in [1.807, 2.05) is 0 Å². The Labute approximate surface area is 309 Å². The van der Waals surface area contributed by atoms with Gasteiger partial charge in [0, 0.05) is 0 Å². The van der Waals surface area contributed by atoms with Crippen molar-refractivity contribution < 1.29 is 25.2 Å². The average Bonchev–Trinajstić information content (AvgIpc) is 3.12. The molecule has 292 valence electrons. The van der Waals surface area contributed by atoms with Crippen molar-refractivity contribution >= 4 is 5.91 Å². The van der Waals surface area contributed by atoms with E-state index >= 15 is 0 Å². The number of aliphatic hydroxyl groups is 4. The van der Waals surface area contributed by atoms with Crippen LogP contribution in [-0.2, 0) is 4.79 Å². The lowest BCUT2D eigenvalue weighted by Crippen LogP contribution is -2.53. The van der Waals surface area contributed by atoms with Crippen LogP contribution in [0.25, 0.3) is 0 Å². The van der Waals surface area contributed by atoms with Crippen LogP contribution in [0.5, 0.6) is 0 Å². The summed E-state index contributed by atoms with van der Waals surface area (Å²) in [6.45, 7) is 3.91. The number of rotatable bonds is 37. The Morgan fingerprint density at radius 3 is 1.48 bits per heavy atom. The van der Waals surface area contributed by atoms with E-state index in [2.05, 4.69) is 67.8 Å². The summed E-state index contributed by atoms with van der Waals surface area (Å²) in [5, 5.41) is 43.6. The molecule has 0 fully saturated rings. The van der Waals surface area contributed by atoms with Crippen molar-refractivity contribution in [3.63, 3.8) is 0 Å². The highest BCUT2D eigenvalue weighted by Crippen LogP contribution is 2.15. The topological polar surface area (TPSA) is 110 Å². The Morgan fingerprint density at radius 1 is 0.520 bits per heavy atom. The van der Waals surface area contributed by atoms with Crippen LogP contribution in [0.3, 0.4) is 0 Å². The molecule has 4 atom stereocenters. The second-order valence-electron chi connectivity index (χ2n) is 14.3. The van der Waals surface area contributed by atoms with Crippen LogP contribution in [0.1, 0.15) is 194 Å². The number of carbonyl (C=O) groups is 1. The molecule has 0 aliphatic rings. The Balaban J connectivity index is 3.79. The number of unbranched alkanes of at least 4 members (excludes halogenated alkanes) is 20. The molecular weight excluding hydrogens is 622 g/mol. The average molecular weight is 704 g/mol. The minimum atomic E-state index is -1.29. The molecule has 0 bridgehead atoms. The third-order valence-electron chi connectivity index (χ3n) is 9.50. The summed E-state index contributed by atoms with van der Waals surface area (Å²) < 4.78 is 0. The lowest BCUT2D eigenvalue weighted by Gasteiger charge is -2.27. The second kappa shape index (κ2) is 38.5. The normalized spacial score (nSPS) is 14.8. The number of allylic oxidation sites excluding steroid dienone is 8. The molecule has 0 aromatic carbocycles. The molecule has 0 spiro atoms. The zero-order valence-corrected chi connectivity index (χ0v) is 32.6. The number of carbonyl (C=O) groups excluding carboxylic acids is 1. The van der Waals surface area contributed by atoms with Gasteiger partial charge in [0.25, 0.3) is 0 Å². The smallest absolute Gasteiger partial charge is 0.249 e. The van der Waals surface area contributed by atoms with Gasteiger partial charge in [-0.3, -0.25) is 4.79 Å². The number of hydrogen-bond donors (Lipinski definition) is 5. The van der Waals surface area contributed by atoms with Gasteiger partial charge in [-0.1, -0.05) is 165 Å². The molecule has 0 saturated carbocycles. The van der Waals surface area contributed by atoms with E-state index in [1.54, 1.807) is 0 Å². The van der Waals surface area contributed by atoms with Crippen molar-refractivity contribution in [2.45, 2.75) is 218 Å². The number of aliphatic hydroxyl groups excluding tert-OH is 4. The number of hydrogen-bond acceptors (Lipinski definition) is 5. The summed E-state index contributed by atoms with van der Waals surface area (Å²) >= 11 is 0. The van der Waals surface area contributed by atoms with Crippen LogP contribution in [0.15, 0.2) is 48.6 Å². The van der Waals surface area contributed by atoms with Crippen LogP contribution in [0, 0.1) is 0 Å². The van der Waals surface area contributed by atoms with E-state index < -0.39 is 36.9 Å². The zero-order valence-electron chi connectivity index (χ0n) is 32.6. The van der Waals surface area contributed by atoms with Crippen LogP contribution in [0.4, 0.5) is 0 Å². The van der Waals surface area contributed by atoms with Crippen LogP contribution < -0.4 is 5.32 Å². The first-order valence-electron chi connectivity index (χ1n) is 21.0. The molecular formula is C44H81NO5. The van der Waals surface area contributed by atoms with Crippen molar-refractivity contribution in [2.75, 3.05) is 6.61 Å². The van der Waals surface area contributed by atoms with Crippen LogP contribution >= 0.6 is 0 Å². The summed E-state index contributed by atoms with van der Waals surface area (Å²) in [4.78, 5) is 12.5. The SMILES string of the molecule is CC/C=C\C/C=C\CCCCCCCCCCCCCCCC(O)C(=O)NC(CO)C(O)C(O)CCC/C=C/CC/C=C/CCCCCCC. The highest BCUT2D eigenvalue weighted by molar-refractivity contribution is 5.80. The lowest BCUT2D eigenvalue weighted by atomic mass is 10.00. The maximum Gasteiger partial charge on any atom is 0.249 e. The molecule has 0 radical (unpaired) electrons. The summed E-state index contributed by atoms with van der Waals surface area (Å²) in [7, 11) is 0. The molecule has 0 rings (SSSR count). The Kier molecular flexibility index (Phi) is 37.2. The maximum absolute atomic E-state index is 12.5. The van der Waals surface area contributed by atoms with E-state index in [4.69, 9.17) is 0 Å². The van der Waals surface area contributed by atoms with Crippen LogP contribution in [-0.4, -0.2) is 57.3 Å². The molecule has 6 nitrogen and oxygen atoms in total. The van der Waals surface area contributed by atoms with Gasteiger partial charge in [-0.05, 0) is 77.0 Å². The van der Waals surface area contributed by atoms with Gasteiger partial charge in [0.2, 0.25) is 5.91 Å². The molecule has 50 heavy (non-hydrogen) atoms. The van der Waals surface area contributed by atoms with Gasteiger partial charge in [0.1, 0.15) is 12.2 Å². The van der Waals surface area contributed by atoms with Crippen LogP contribution in [0.2, 0.25) is 0 Å². The van der Waals surface area contributed by atoms with E-state index in [1.165, 1.54) is 109 Å². The van der Waals surface area contributed by atoms with Gasteiger partial charge >= 0.3 is 0 Å². The van der Waals surface area contributed by atoms with Crippen molar-refractivity contribution in [2.24, 2.45) is 0 Å². The van der Waals surface area contributed by atoms with Crippen molar-refractivity contribution in [1.82, 2.24) is 5.32 Å². The van der Waals surface area contributed by atoms with Crippen molar-refractivity contribution in [3.8, 4) is 0 Å². The van der Waals surface area contributed by atoms with E-state index in [0.29, 0.717) is 19.3 Å². The van der Waals surface area contributed by atoms with Gasteiger partial charge < -0.3 is 25.7 Å². The summed E-state index contributed by atoms with van der Waals surface area (Å²) in [6.07, 6.45) is 45.7. The fourth-order valence-electron chi connectivity index (χ4n) is 6.16. The predicted octanol–water partition coefficient (Wildman–Crippen LogP) is 10.7. The number of amides is 1. The van der Waals surface area contributed by atoms with E-state index in [9.17, 15) is 25.2 Å². The monoisotopic (exact) mass is 704 g/mol. The highest BCUT2D eigenvalue weighted by atomic mass is 16.3. The molecule has 6 heteroatoms. The third kappa shape index (κ3) is 32.2. The Hall–Kier alpha value is -1.73. The first kappa shape index (κ1) is 48.3. The van der Waals surface area contributed by atoms with Gasteiger partial charge in [0.15, 0.2) is 0 Å². The lowest BCUT2D eigenvalue weighted by molar-refractivity contribution is -0.132. The van der Waals surface area contributed by atoms with Crippen molar-refractivity contribution in [1.29, 1.82) is 0 Å². The summed E-state index contributed by atoms with van der Waals surface area (Å²) in [5.41, 5.74) is 0. The molecule has 0 aliphatic carbocycles. The third-order valence-corrected chi connectivity index (χ3v) is 9.50. The molecule has 5 N–H and O–H groups in total. The first-order valence-corrected chi connectivity index (χ1v) is 21.0. The fraction of sp³-hybridized carbons (Fsp3) is 0.795. The van der Waals surface area contributed by atoms with E-state index in [-0.39, 0.29) is 0 Å². The second-order valence-corrected chi connectivity index (χ2v) is 14.3. The van der Waals surface area contributed by atoms with Gasteiger partial charge in [0.05, 0.1) is 18.8 Å². The Morgan fingerprint density at radius 2 is 0.960 bits per heavy atom. The molecule has 0 saturated heterocycles. The zero-order chi connectivity index (χ0) is 36.8. The quantitative estimate of drug-likeness (QED) is 0.0327. The molecule has 0 aliphatic heterocycles. The molecule has 0 aromatic rings. The predicted molar refractivity (Wildman–Crippen MR) is 214 cm³/mol.